The molecule has 2 aromatic rings. The Morgan fingerprint density at radius 1 is 0.679 bits per heavy atom. The molecule has 1 heterocycles. The highest BCUT2D eigenvalue weighted by Gasteiger charge is 2.00. The van der Waals surface area contributed by atoms with Gasteiger partial charge in [0.2, 0.25) is 0 Å². The van der Waals surface area contributed by atoms with Crippen molar-refractivity contribution in [3.05, 3.63) is 64.4 Å². The van der Waals surface area contributed by atoms with Crippen LogP contribution in [-0.2, 0) is 6.54 Å². The highest BCUT2D eigenvalue weighted by Crippen LogP contribution is 2.11. The first-order valence-corrected chi connectivity index (χ1v) is 11.3. The van der Waals surface area contributed by atoms with E-state index in [-0.39, 0.29) is 17.0 Å². The molecule has 0 aliphatic rings. The van der Waals surface area contributed by atoms with Crippen LogP contribution in [0.3, 0.4) is 0 Å². The van der Waals surface area contributed by atoms with Crippen molar-refractivity contribution in [1.82, 2.24) is 0 Å². The summed E-state index contributed by atoms with van der Waals surface area (Å²) in [5, 5.41) is 0. The van der Waals surface area contributed by atoms with Crippen molar-refractivity contribution in [3.63, 3.8) is 0 Å². The number of aromatic nitrogens is 1. The van der Waals surface area contributed by atoms with Crippen LogP contribution < -0.4 is 21.5 Å². The van der Waals surface area contributed by atoms with Gasteiger partial charge in [0.15, 0.2) is 12.4 Å². The smallest absolute Gasteiger partial charge is 0.170 e. The van der Waals surface area contributed by atoms with Gasteiger partial charge in [-0.3, -0.25) is 0 Å². The summed E-state index contributed by atoms with van der Waals surface area (Å²) >= 11 is 3.45. The van der Waals surface area contributed by atoms with Gasteiger partial charge in [-0.05, 0) is 30.7 Å². The summed E-state index contributed by atoms with van der Waals surface area (Å²) in [7, 11) is 0. The Bertz CT molecular complexity index is 696. The second-order valence-corrected chi connectivity index (χ2v) is 8.18. The van der Waals surface area contributed by atoms with Gasteiger partial charge in [0.05, 0.1) is 0 Å². The molecule has 1 aromatic heterocycles. The molecular formula is C25H33Br2N. The van der Waals surface area contributed by atoms with Crippen molar-refractivity contribution in [2.45, 2.75) is 77.7 Å². The number of pyridine rings is 1. The van der Waals surface area contributed by atoms with Gasteiger partial charge in [-0.2, -0.15) is 0 Å². The van der Waals surface area contributed by atoms with Crippen LogP contribution in [0.1, 0.15) is 82.3 Å². The summed E-state index contributed by atoms with van der Waals surface area (Å²) in [4.78, 5) is 0. The van der Waals surface area contributed by atoms with E-state index < -0.39 is 0 Å². The van der Waals surface area contributed by atoms with Gasteiger partial charge >= 0.3 is 0 Å². The number of hydrogen-bond donors (Lipinski definition) is 0. The van der Waals surface area contributed by atoms with Crippen molar-refractivity contribution in [3.8, 4) is 11.8 Å². The predicted octanol–water partition coefficient (Wildman–Crippen LogP) is 4.06. The van der Waals surface area contributed by atoms with Crippen molar-refractivity contribution in [1.29, 1.82) is 0 Å². The molecule has 0 radical (unpaired) electrons. The van der Waals surface area contributed by atoms with Crippen LogP contribution in [0, 0.1) is 11.8 Å². The fourth-order valence-electron chi connectivity index (χ4n) is 3.15. The van der Waals surface area contributed by atoms with Gasteiger partial charge in [0, 0.05) is 34.2 Å². The lowest BCUT2D eigenvalue weighted by Gasteiger charge is -2.01. The monoisotopic (exact) mass is 505 g/mol. The number of hydrogen-bond acceptors (Lipinski definition) is 0. The van der Waals surface area contributed by atoms with Crippen LogP contribution in [-0.4, -0.2) is 0 Å². The predicted molar refractivity (Wildman–Crippen MR) is 119 cm³/mol. The number of halogens is 2. The molecule has 0 N–H and O–H groups in total. The van der Waals surface area contributed by atoms with E-state index in [9.17, 15) is 0 Å². The van der Waals surface area contributed by atoms with Crippen LogP contribution >= 0.6 is 15.9 Å². The zero-order valence-corrected chi connectivity index (χ0v) is 20.3. The van der Waals surface area contributed by atoms with Crippen molar-refractivity contribution >= 4 is 15.9 Å². The van der Waals surface area contributed by atoms with Gasteiger partial charge in [-0.25, -0.2) is 4.57 Å². The van der Waals surface area contributed by atoms with Crippen LogP contribution in [0.25, 0.3) is 0 Å². The third-order valence-corrected chi connectivity index (χ3v) is 5.39. The molecule has 0 spiro atoms. The summed E-state index contributed by atoms with van der Waals surface area (Å²) in [5.74, 6) is 6.45. The molecule has 3 heteroatoms. The lowest BCUT2D eigenvalue weighted by Crippen LogP contribution is -3.00. The molecule has 0 unspecified atom stereocenters. The molecule has 1 aromatic carbocycles. The van der Waals surface area contributed by atoms with E-state index in [4.69, 9.17) is 0 Å². The van der Waals surface area contributed by atoms with E-state index in [1.807, 2.05) is 24.3 Å². The molecule has 0 saturated heterocycles. The standard InChI is InChI=1S/C25H33BrN.BrH/c1-2-3-4-5-6-7-8-9-10-11-20-27-21-18-24(19-22-27)13-12-23-14-16-25(26)17-15-23;/h14-19,21-22H,2-11,20H2,1H3;1H/q+1;/p-1. The number of nitrogens with zero attached hydrogens (tertiary/aromatic N) is 1. The Labute approximate surface area is 190 Å². The van der Waals surface area contributed by atoms with E-state index in [1.54, 1.807) is 0 Å². The zero-order chi connectivity index (χ0) is 19.2. The first kappa shape index (κ1) is 24.9. The normalized spacial score (nSPS) is 10.1. The second-order valence-electron chi connectivity index (χ2n) is 7.26. The van der Waals surface area contributed by atoms with E-state index >= 15 is 0 Å². The summed E-state index contributed by atoms with van der Waals surface area (Å²) in [6.07, 6.45) is 18.2. The number of rotatable bonds is 11. The maximum Gasteiger partial charge on any atom is 0.170 e. The van der Waals surface area contributed by atoms with E-state index in [0.29, 0.717) is 0 Å². The average molecular weight is 507 g/mol. The highest BCUT2D eigenvalue weighted by atomic mass is 79.9. The quantitative estimate of drug-likeness (QED) is 0.246. The molecule has 0 saturated carbocycles. The van der Waals surface area contributed by atoms with Gasteiger partial charge < -0.3 is 17.0 Å². The maximum atomic E-state index is 3.45. The SMILES string of the molecule is CCCCCCCCCCCC[n+]1ccc(C#Cc2ccc(Br)cc2)cc1.[Br-]. The molecule has 152 valence electrons. The Morgan fingerprint density at radius 2 is 1.14 bits per heavy atom. The van der Waals surface area contributed by atoms with Crippen LogP contribution in [0.4, 0.5) is 0 Å². The largest absolute Gasteiger partial charge is 1.00 e. The maximum absolute atomic E-state index is 3.45. The molecule has 28 heavy (non-hydrogen) atoms. The Kier molecular flexibility index (Phi) is 14.0. The molecule has 0 atom stereocenters. The Balaban J connectivity index is 0.00000392. The zero-order valence-electron chi connectivity index (χ0n) is 17.1. The first-order valence-electron chi connectivity index (χ1n) is 10.5. The summed E-state index contributed by atoms with van der Waals surface area (Å²) in [6, 6.07) is 12.3. The first-order chi connectivity index (χ1) is 13.3. The minimum atomic E-state index is 0. The topological polar surface area (TPSA) is 3.88 Å². The second kappa shape index (κ2) is 15.8. The third kappa shape index (κ3) is 11.0. The molecule has 0 aliphatic heterocycles. The van der Waals surface area contributed by atoms with Crippen LogP contribution in [0.5, 0.6) is 0 Å². The van der Waals surface area contributed by atoms with Crippen molar-refractivity contribution < 1.29 is 21.5 Å². The molecule has 1 nitrogen and oxygen atoms in total. The molecule has 2 rings (SSSR count). The van der Waals surface area contributed by atoms with Gasteiger partial charge in [0.1, 0.15) is 6.54 Å². The Hall–Kier alpha value is -1.11. The summed E-state index contributed by atoms with van der Waals surface area (Å²) < 4.78 is 3.36. The minimum Gasteiger partial charge on any atom is -1.00 e. The average Bonchev–Trinajstić information content (AvgIpc) is 2.70. The van der Waals surface area contributed by atoms with E-state index in [2.05, 4.69) is 63.8 Å². The van der Waals surface area contributed by atoms with Crippen LogP contribution in [0.15, 0.2) is 53.3 Å². The van der Waals surface area contributed by atoms with E-state index in [0.717, 1.165) is 22.1 Å². The number of benzene rings is 1. The van der Waals surface area contributed by atoms with Crippen molar-refractivity contribution in [2.24, 2.45) is 0 Å². The fraction of sp³-hybridized carbons (Fsp3) is 0.480. The summed E-state index contributed by atoms with van der Waals surface area (Å²) in [6.45, 7) is 3.39. The highest BCUT2D eigenvalue weighted by molar-refractivity contribution is 9.10. The number of unbranched alkanes of at least 4 members (excludes halogenated alkanes) is 9. The minimum absolute atomic E-state index is 0. The fourth-order valence-corrected chi connectivity index (χ4v) is 3.41. The molecular weight excluding hydrogens is 474 g/mol. The third-order valence-electron chi connectivity index (χ3n) is 4.86. The van der Waals surface area contributed by atoms with Gasteiger partial charge in [-0.15, -0.1) is 0 Å². The number of aryl methyl sites for hydroxylation is 1. The molecule has 0 bridgehead atoms. The summed E-state index contributed by atoms with van der Waals surface area (Å²) in [5.41, 5.74) is 2.11. The van der Waals surface area contributed by atoms with Gasteiger partial charge in [-0.1, -0.05) is 86.1 Å². The van der Waals surface area contributed by atoms with Crippen LogP contribution in [0.2, 0.25) is 0 Å². The molecule has 0 aliphatic carbocycles. The lowest BCUT2D eigenvalue weighted by molar-refractivity contribution is -0.697. The Morgan fingerprint density at radius 3 is 1.68 bits per heavy atom. The van der Waals surface area contributed by atoms with E-state index in [1.165, 1.54) is 64.2 Å². The van der Waals surface area contributed by atoms with Gasteiger partial charge in [0.25, 0.3) is 0 Å². The molecule has 0 fully saturated rings. The lowest BCUT2D eigenvalue weighted by atomic mass is 10.1. The molecule has 0 amide bonds. The van der Waals surface area contributed by atoms with Crippen molar-refractivity contribution in [2.75, 3.05) is 0 Å².